The van der Waals surface area contributed by atoms with Crippen LogP contribution in [-0.2, 0) is 11.2 Å². The van der Waals surface area contributed by atoms with E-state index in [9.17, 15) is 9.90 Å². The van der Waals surface area contributed by atoms with Crippen molar-refractivity contribution in [3.63, 3.8) is 0 Å². The summed E-state index contributed by atoms with van der Waals surface area (Å²) in [6, 6.07) is 0.542. The van der Waals surface area contributed by atoms with Gasteiger partial charge in [-0.1, -0.05) is 0 Å². The Kier molecular flexibility index (Phi) is 3.01. The van der Waals surface area contributed by atoms with Crippen LogP contribution in [0.15, 0.2) is 0 Å². The first-order chi connectivity index (χ1) is 8.66. The lowest BCUT2D eigenvalue weighted by molar-refractivity contribution is -0.139. The lowest BCUT2D eigenvalue weighted by Crippen LogP contribution is -2.26. The summed E-state index contributed by atoms with van der Waals surface area (Å²) in [5, 5.41) is 10.3. The summed E-state index contributed by atoms with van der Waals surface area (Å²) in [4.78, 5) is 19.4. The highest BCUT2D eigenvalue weighted by molar-refractivity contribution is 7.15. The van der Waals surface area contributed by atoms with Crippen LogP contribution in [-0.4, -0.2) is 28.6 Å². The molecule has 1 aromatic heterocycles. The minimum Gasteiger partial charge on any atom is -0.481 e. The Hall–Kier alpha value is -1.10. The highest BCUT2D eigenvalue weighted by atomic mass is 32.1. The standard InChI is InChI=1S/C13H18N2O2S/c1-8-4-3-7-15(8)13-14-11-9(12(16)17)5-2-6-10(11)18-13/h8-9H,2-7H2,1H3,(H,16,17). The molecule has 0 saturated carbocycles. The molecule has 4 nitrogen and oxygen atoms in total. The predicted octanol–water partition coefficient (Wildman–Crippen LogP) is 2.64. The van der Waals surface area contributed by atoms with E-state index in [4.69, 9.17) is 0 Å². The van der Waals surface area contributed by atoms with Crippen LogP contribution in [0.4, 0.5) is 5.13 Å². The number of thiazole rings is 1. The first-order valence-electron chi connectivity index (χ1n) is 6.66. The van der Waals surface area contributed by atoms with Crippen LogP contribution in [0.5, 0.6) is 0 Å². The topological polar surface area (TPSA) is 53.4 Å². The fourth-order valence-electron chi connectivity index (χ4n) is 2.99. The second-order valence-corrected chi connectivity index (χ2v) is 6.33. The summed E-state index contributed by atoms with van der Waals surface area (Å²) in [7, 11) is 0. The number of nitrogens with zero attached hydrogens (tertiary/aromatic N) is 2. The van der Waals surface area contributed by atoms with Gasteiger partial charge in [0.2, 0.25) is 0 Å². The Morgan fingerprint density at radius 3 is 2.94 bits per heavy atom. The van der Waals surface area contributed by atoms with E-state index < -0.39 is 5.97 Å². The van der Waals surface area contributed by atoms with E-state index in [1.165, 1.54) is 17.7 Å². The molecule has 1 aliphatic heterocycles. The van der Waals surface area contributed by atoms with E-state index in [1.54, 1.807) is 11.3 Å². The number of hydrogen-bond donors (Lipinski definition) is 1. The fourth-order valence-corrected chi connectivity index (χ4v) is 4.28. The summed E-state index contributed by atoms with van der Waals surface area (Å²) >= 11 is 1.71. The monoisotopic (exact) mass is 266 g/mol. The van der Waals surface area contributed by atoms with Gasteiger partial charge in [0.1, 0.15) is 5.92 Å². The molecule has 0 spiro atoms. The largest absolute Gasteiger partial charge is 0.481 e. The van der Waals surface area contributed by atoms with Gasteiger partial charge >= 0.3 is 5.97 Å². The van der Waals surface area contributed by atoms with Crippen molar-refractivity contribution in [2.45, 2.75) is 51.0 Å². The van der Waals surface area contributed by atoms with Crippen LogP contribution in [0, 0.1) is 0 Å². The number of carboxylic acid groups (broad SMARTS) is 1. The summed E-state index contributed by atoms with van der Waals surface area (Å²) in [5.41, 5.74) is 0.841. The molecule has 1 fully saturated rings. The first kappa shape index (κ1) is 12.0. The Bertz CT molecular complexity index is 472. The summed E-state index contributed by atoms with van der Waals surface area (Å²) < 4.78 is 0. The van der Waals surface area contributed by atoms with Crippen molar-refractivity contribution >= 4 is 22.4 Å². The van der Waals surface area contributed by atoms with Gasteiger partial charge in [-0.2, -0.15) is 0 Å². The van der Waals surface area contributed by atoms with Gasteiger partial charge in [0.25, 0.3) is 0 Å². The van der Waals surface area contributed by atoms with E-state index in [1.807, 2.05) is 0 Å². The third-order valence-electron chi connectivity index (χ3n) is 4.04. The smallest absolute Gasteiger partial charge is 0.312 e. The van der Waals surface area contributed by atoms with Gasteiger partial charge in [0.05, 0.1) is 5.69 Å². The van der Waals surface area contributed by atoms with Crippen molar-refractivity contribution in [2.24, 2.45) is 0 Å². The van der Waals surface area contributed by atoms with Gasteiger partial charge < -0.3 is 10.0 Å². The zero-order valence-corrected chi connectivity index (χ0v) is 11.4. The number of carboxylic acids is 1. The van der Waals surface area contributed by atoms with Crippen molar-refractivity contribution in [1.29, 1.82) is 0 Å². The number of aryl methyl sites for hydroxylation is 1. The maximum Gasteiger partial charge on any atom is 0.312 e. The van der Waals surface area contributed by atoms with Crippen molar-refractivity contribution in [3.8, 4) is 0 Å². The molecule has 3 rings (SSSR count). The number of hydrogen-bond acceptors (Lipinski definition) is 4. The molecule has 2 heterocycles. The highest BCUT2D eigenvalue weighted by Gasteiger charge is 2.32. The third kappa shape index (κ3) is 1.90. The number of anilines is 1. The van der Waals surface area contributed by atoms with Crippen molar-refractivity contribution in [1.82, 2.24) is 4.98 Å². The van der Waals surface area contributed by atoms with E-state index in [-0.39, 0.29) is 5.92 Å². The van der Waals surface area contributed by atoms with Crippen molar-refractivity contribution in [3.05, 3.63) is 10.6 Å². The summed E-state index contributed by atoms with van der Waals surface area (Å²) in [5.74, 6) is -1.10. The van der Waals surface area contributed by atoms with Gasteiger partial charge in [-0.25, -0.2) is 4.98 Å². The van der Waals surface area contributed by atoms with Gasteiger partial charge in [-0.05, 0) is 39.0 Å². The number of carbonyl (C=O) groups is 1. The summed E-state index contributed by atoms with van der Waals surface area (Å²) in [6.45, 7) is 3.29. The molecule has 1 saturated heterocycles. The molecule has 0 radical (unpaired) electrons. The van der Waals surface area contributed by atoms with Crippen LogP contribution < -0.4 is 4.90 Å². The molecule has 18 heavy (non-hydrogen) atoms. The average Bonchev–Trinajstić information content (AvgIpc) is 2.92. The maximum atomic E-state index is 11.3. The number of rotatable bonds is 2. The quantitative estimate of drug-likeness (QED) is 0.894. The number of aromatic nitrogens is 1. The van der Waals surface area contributed by atoms with Crippen molar-refractivity contribution in [2.75, 3.05) is 11.4 Å². The van der Waals surface area contributed by atoms with Gasteiger partial charge in [0, 0.05) is 17.5 Å². The summed E-state index contributed by atoms with van der Waals surface area (Å²) in [6.07, 6.45) is 5.14. The molecule has 1 aliphatic carbocycles. The molecule has 1 aromatic rings. The molecule has 1 N–H and O–H groups in total. The van der Waals surface area contributed by atoms with Gasteiger partial charge in [-0.15, -0.1) is 11.3 Å². The number of aliphatic carboxylic acids is 1. The Morgan fingerprint density at radius 2 is 2.28 bits per heavy atom. The Labute approximate surface area is 111 Å². The van der Waals surface area contributed by atoms with E-state index in [2.05, 4.69) is 16.8 Å². The molecular weight excluding hydrogens is 248 g/mol. The minimum atomic E-state index is -0.720. The van der Waals surface area contributed by atoms with Crippen molar-refractivity contribution < 1.29 is 9.90 Å². The maximum absolute atomic E-state index is 11.3. The molecule has 0 aromatic carbocycles. The van der Waals surface area contributed by atoms with E-state index in [0.717, 1.165) is 36.6 Å². The van der Waals surface area contributed by atoms with Gasteiger partial charge in [0.15, 0.2) is 5.13 Å². The third-order valence-corrected chi connectivity index (χ3v) is 5.21. The number of fused-ring (bicyclic) bond motifs is 1. The van der Waals surface area contributed by atoms with Gasteiger partial charge in [-0.3, -0.25) is 4.79 Å². The second-order valence-electron chi connectivity index (χ2n) is 5.27. The lowest BCUT2D eigenvalue weighted by Gasteiger charge is -2.20. The zero-order valence-electron chi connectivity index (χ0n) is 10.6. The molecule has 2 unspecified atom stereocenters. The molecule has 2 atom stereocenters. The lowest BCUT2D eigenvalue weighted by atomic mass is 9.91. The minimum absolute atomic E-state index is 0.378. The highest BCUT2D eigenvalue weighted by Crippen LogP contribution is 2.39. The van der Waals surface area contributed by atoms with Crippen LogP contribution in [0.1, 0.15) is 49.1 Å². The molecule has 98 valence electrons. The molecule has 0 amide bonds. The fraction of sp³-hybridized carbons (Fsp3) is 0.692. The van der Waals surface area contributed by atoms with Crippen LogP contribution in [0.2, 0.25) is 0 Å². The van der Waals surface area contributed by atoms with E-state index in [0.29, 0.717) is 6.04 Å². The average molecular weight is 266 g/mol. The first-order valence-corrected chi connectivity index (χ1v) is 7.47. The van der Waals surface area contributed by atoms with E-state index >= 15 is 0 Å². The second kappa shape index (κ2) is 4.53. The van der Waals surface area contributed by atoms with Crippen LogP contribution in [0.25, 0.3) is 0 Å². The zero-order chi connectivity index (χ0) is 12.7. The van der Waals surface area contributed by atoms with Crippen LogP contribution in [0.3, 0.4) is 0 Å². The molecule has 5 heteroatoms. The normalized spacial score (nSPS) is 27.3. The predicted molar refractivity (Wildman–Crippen MR) is 71.5 cm³/mol. The molecular formula is C13H18N2O2S. The SMILES string of the molecule is CC1CCCN1c1nc2c(s1)CCCC2C(=O)O. The molecule has 2 aliphatic rings. The Balaban J connectivity index is 1.93. The Morgan fingerprint density at radius 1 is 1.44 bits per heavy atom. The molecule has 0 bridgehead atoms. The van der Waals surface area contributed by atoms with Crippen LogP contribution >= 0.6 is 11.3 Å².